The summed E-state index contributed by atoms with van der Waals surface area (Å²) in [5.41, 5.74) is 4.16. The molecule has 30 heavy (non-hydrogen) atoms. The molecule has 158 valence electrons. The summed E-state index contributed by atoms with van der Waals surface area (Å²) in [6.07, 6.45) is 3.72. The molecule has 1 unspecified atom stereocenters. The molecule has 0 aliphatic heterocycles. The maximum Gasteiger partial charge on any atom is 0.234 e. The van der Waals surface area contributed by atoms with Gasteiger partial charge in [-0.25, -0.2) is 4.39 Å². The Bertz CT molecular complexity index is 1020. The van der Waals surface area contributed by atoms with E-state index in [1.807, 2.05) is 6.20 Å². The van der Waals surface area contributed by atoms with E-state index in [-0.39, 0.29) is 28.6 Å². The summed E-state index contributed by atoms with van der Waals surface area (Å²) >= 11 is 1.27. The Labute approximate surface area is 179 Å². The van der Waals surface area contributed by atoms with E-state index in [0.29, 0.717) is 12.2 Å². The molecule has 0 aliphatic rings. The SMILES string of the molecule is CCc1cccc2c(CCNC(=O)C(C)SCC(=O)Nc3ccc(F)cc3)c[nH]c12. The Balaban J connectivity index is 1.42. The van der Waals surface area contributed by atoms with Gasteiger partial charge in [-0.2, -0.15) is 0 Å². The summed E-state index contributed by atoms with van der Waals surface area (Å²) in [7, 11) is 0. The number of aromatic nitrogens is 1. The van der Waals surface area contributed by atoms with Gasteiger partial charge in [0.15, 0.2) is 0 Å². The maximum absolute atomic E-state index is 12.9. The smallest absolute Gasteiger partial charge is 0.234 e. The molecule has 0 saturated carbocycles. The number of thioether (sulfide) groups is 1. The number of fused-ring (bicyclic) bond motifs is 1. The molecular formula is C23H26FN3O2S. The molecule has 0 fully saturated rings. The standard InChI is InChI=1S/C23H26FN3O2S/c1-3-16-5-4-6-20-17(13-26-22(16)20)11-12-25-23(29)15(2)30-14-21(28)27-19-9-7-18(24)8-10-19/h4-10,13,15,26H,3,11-12,14H2,1-2H3,(H,25,29)(H,27,28). The third kappa shape index (κ3) is 5.63. The van der Waals surface area contributed by atoms with Crippen molar-refractivity contribution in [2.75, 3.05) is 17.6 Å². The number of anilines is 1. The van der Waals surface area contributed by atoms with Crippen LogP contribution in [0.4, 0.5) is 10.1 Å². The van der Waals surface area contributed by atoms with Crippen LogP contribution in [0, 0.1) is 5.82 Å². The molecule has 0 aliphatic carbocycles. The number of rotatable bonds is 9. The Morgan fingerprint density at radius 2 is 1.90 bits per heavy atom. The van der Waals surface area contributed by atoms with E-state index in [4.69, 9.17) is 0 Å². The van der Waals surface area contributed by atoms with Crippen molar-refractivity contribution in [1.82, 2.24) is 10.3 Å². The minimum Gasteiger partial charge on any atom is -0.361 e. The molecule has 0 radical (unpaired) electrons. The van der Waals surface area contributed by atoms with Crippen molar-refractivity contribution >= 4 is 40.2 Å². The Morgan fingerprint density at radius 3 is 2.63 bits per heavy atom. The van der Waals surface area contributed by atoms with Gasteiger partial charge in [-0.15, -0.1) is 11.8 Å². The molecule has 7 heteroatoms. The molecular weight excluding hydrogens is 401 g/mol. The Hall–Kier alpha value is -2.80. The number of nitrogens with one attached hydrogen (secondary N) is 3. The van der Waals surface area contributed by atoms with E-state index in [0.717, 1.165) is 18.4 Å². The van der Waals surface area contributed by atoms with Crippen LogP contribution in [0.3, 0.4) is 0 Å². The predicted octanol–water partition coefficient (Wildman–Crippen LogP) is 4.29. The third-order valence-corrected chi connectivity index (χ3v) is 6.07. The summed E-state index contributed by atoms with van der Waals surface area (Å²) in [5, 5.41) is 6.49. The van der Waals surface area contributed by atoms with E-state index >= 15 is 0 Å². The van der Waals surface area contributed by atoms with Gasteiger partial charge in [0.05, 0.1) is 11.0 Å². The molecule has 1 heterocycles. The van der Waals surface area contributed by atoms with E-state index < -0.39 is 0 Å². The number of carbonyl (C=O) groups is 2. The highest BCUT2D eigenvalue weighted by molar-refractivity contribution is 8.01. The molecule has 2 amide bonds. The van der Waals surface area contributed by atoms with Gasteiger partial charge in [-0.3, -0.25) is 9.59 Å². The van der Waals surface area contributed by atoms with Crippen molar-refractivity contribution in [3.63, 3.8) is 0 Å². The van der Waals surface area contributed by atoms with Crippen LogP contribution in [-0.4, -0.2) is 34.3 Å². The molecule has 3 N–H and O–H groups in total. The highest BCUT2D eigenvalue weighted by Crippen LogP contribution is 2.22. The van der Waals surface area contributed by atoms with Crippen molar-refractivity contribution in [2.45, 2.75) is 31.9 Å². The summed E-state index contributed by atoms with van der Waals surface area (Å²) < 4.78 is 12.9. The van der Waals surface area contributed by atoms with Crippen molar-refractivity contribution in [2.24, 2.45) is 0 Å². The largest absolute Gasteiger partial charge is 0.361 e. The van der Waals surface area contributed by atoms with Crippen LogP contribution in [-0.2, 0) is 22.4 Å². The molecule has 0 spiro atoms. The zero-order valence-electron chi connectivity index (χ0n) is 17.1. The van der Waals surface area contributed by atoms with Gasteiger partial charge in [-0.05, 0) is 55.2 Å². The van der Waals surface area contributed by atoms with Crippen LogP contribution in [0.15, 0.2) is 48.7 Å². The van der Waals surface area contributed by atoms with Crippen molar-refractivity contribution in [3.05, 3.63) is 65.6 Å². The summed E-state index contributed by atoms with van der Waals surface area (Å²) in [4.78, 5) is 27.7. The number of H-pyrrole nitrogens is 1. The summed E-state index contributed by atoms with van der Waals surface area (Å²) in [6, 6.07) is 11.9. The van der Waals surface area contributed by atoms with Gasteiger partial charge in [0.1, 0.15) is 5.82 Å². The number of carbonyl (C=O) groups excluding carboxylic acids is 2. The van der Waals surface area contributed by atoms with Gasteiger partial charge >= 0.3 is 0 Å². The number of aryl methyl sites for hydroxylation is 1. The number of hydrogen-bond acceptors (Lipinski definition) is 3. The predicted molar refractivity (Wildman–Crippen MR) is 121 cm³/mol. The molecule has 1 atom stereocenters. The second kappa shape index (κ2) is 10.3. The van der Waals surface area contributed by atoms with Gasteiger partial charge in [0, 0.05) is 29.3 Å². The quantitative estimate of drug-likeness (QED) is 0.477. The number of aromatic amines is 1. The maximum atomic E-state index is 12.9. The third-order valence-electron chi connectivity index (χ3n) is 4.92. The van der Waals surface area contributed by atoms with Gasteiger partial charge in [-0.1, -0.05) is 25.1 Å². The minimum atomic E-state index is -0.355. The van der Waals surface area contributed by atoms with E-state index in [1.54, 1.807) is 6.92 Å². The van der Waals surface area contributed by atoms with Crippen LogP contribution >= 0.6 is 11.8 Å². The van der Waals surface area contributed by atoms with Gasteiger partial charge in [0.25, 0.3) is 0 Å². The molecule has 0 saturated heterocycles. The highest BCUT2D eigenvalue weighted by Gasteiger charge is 2.15. The number of amides is 2. The first kappa shape index (κ1) is 21.9. The fourth-order valence-corrected chi connectivity index (χ4v) is 3.96. The minimum absolute atomic E-state index is 0.0938. The van der Waals surface area contributed by atoms with Crippen molar-refractivity contribution < 1.29 is 14.0 Å². The zero-order valence-corrected chi connectivity index (χ0v) is 17.9. The number of benzene rings is 2. The topological polar surface area (TPSA) is 74.0 Å². The average Bonchev–Trinajstić information content (AvgIpc) is 3.16. The Morgan fingerprint density at radius 1 is 1.13 bits per heavy atom. The molecule has 2 aromatic carbocycles. The number of para-hydroxylation sites is 1. The summed E-state index contributed by atoms with van der Waals surface area (Å²) in [6.45, 7) is 4.45. The first-order chi connectivity index (χ1) is 14.5. The lowest BCUT2D eigenvalue weighted by molar-refractivity contribution is -0.120. The molecule has 3 aromatic rings. The van der Waals surface area contributed by atoms with E-state index in [2.05, 4.69) is 40.7 Å². The average molecular weight is 428 g/mol. The monoisotopic (exact) mass is 427 g/mol. The Kier molecular flexibility index (Phi) is 7.52. The molecule has 0 bridgehead atoms. The van der Waals surface area contributed by atoms with Crippen molar-refractivity contribution in [1.29, 1.82) is 0 Å². The van der Waals surface area contributed by atoms with Crippen molar-refractivity contribution in [3.8, 4) is 0 Å². The normalized spacial score (nSPS) is 12.0. The van der Waals surface area contributed by atoms with Crippen LogP contribution < -0.4 is 10.6 Å². The van der Waals surface area contributed by atoms with E-state index in [9.17, 15) is 14.0 Å². The lowest BCUT2D eigenvalue weighted by Gasteiger charge is -2.12. The van der Waals surface area contributed by atoms with E-state index in [1.165, 1.54) is 52.5 Å². The van der Waals surface area contributed by atoms with Gasteiger partial charge < -0.3 is 15.6 Å². The van der Waals surface area contributed by atoms with Gasteiger partial charge in [0.2, 0.25) is 11.8 Å². The highest BCUT2D eigenvalue weighted by atomic mass is 32.2. The lowest BCUT2D eigenvalue weighted by Crippen LogP contribution is -2.33. The molecule has 1 aromatic heterocycles. The van der Waals surface area contributed by atoms with Crippen LogP contribution in [0.5, 0.6) is 0 Å². The fraction of sp³-hybridized carbons (Fsp3) is 0.304. The van der Waals surface area contributed by atoms with Crippen LogP contribution in [0.25, 0.3) is 10.9 Å². The molecule has 5 nitrogen and oxygen atoms in total. The van der Waals surface area contributed by atoms with Crippen LogP contribution in [0.2, 0.25) is 0 Å². The first-order valence-corrected chi connectivity index (χ1v) is 11.1. The molecule has 3 rings (SSSR count). The zero-order chi connectivity index (χ0) is 21.5. The fourth-order valence-electron chi connectivity index (χ4n) is 3.25. The number of hydrogen-bond donors (Lipinski definition) is 3. The van der Waals surface area contributed by atoms with Crippen LogP contribution in [0.1, 0.15) is 25.0 Å². The second-order valence-corrected chi connectivity index (χ2v) is 8.39. The number of halogens is 1. The summed E-state index contributed by atoms with van der Waals surface area (Å²) in [5.74, 6) is -0.527. The lowest BCUT2D eigenvalue weighted by atomic mass is 10.1. The second-order valence-electron chi connectivity index (χ2n) is 7.06. The first-order valence-electron chi connectivity index (χ1n) is 10.0.